The quantitative estimate of drug-likeness (QED) is 0.834. The van der Waals surface area contributed by atoms with E-state index in [1.165, 1.54) is 26.6 Å². The summed E-state index contributed by atoms with van der Waals surface area (Å²) >= 11 is 1.92. The van der Waals surface area contributed by atoms with Gasteiger partial charge in [0.25, 0.3) is 0 Å². The molecule has 0 unspecified atom stereocenters. The second kappa shape index (κ2) is 5.37. The lowest BCUT2D eigenvalue weighted by Gasteiger charge is -2.08. The lowest BCUT2D eigenvalue weighted by atomic mass is 10.1. The van der Waals surface area contributed by atoms with Crippen LogP contribution in [0.25, 0.3) is 0 Å². The van der Waals surface area contributed by atoms with Crippen LogP contribution in [-0.4, -0.2) is 0 Å². The van der Waals surface area contributed by atoms with Crippen molar-refractivity contribution in [1.82, 2.24) is 0 Å². The van der Waals surface area contributed by atoms with Crippen molar-refractivity contribution in [3.63, 3.8) is 0 Å². The number of nitrogens with one attached hydrogen (secondary N) is 1. The maximum Gasteiger partial charge on any atom is 0.0414 e. The Labute approximate surface area is 108 Å². The normalized spacial score (nSPS) is 10.5. The average Bonchev–Trinajstić information content (AvgIpc) is 2.62. The predicted molar refractivity (Wildman–Crippen MR) is 76.9 cm³/mol. The predicted octanol–water partition coefficient (Wildman–Crippen LogP) is 4.54. The Bertz CT molecular complexity index is 485. The molecule has 0 saturated heterocycles. The Balaban J connectivity index is 2.14. The molecular formula is C15H19NS. The van der Waals surface area contributed by atoms with Crippen LogP contribution in [0, 0.1) is 13.8 Å². The first-order chi connectivity index (χ1) is 8.22. The van der Waals surface area contributed by atoms with Gasteiger partial charge >= 0.3 is 0 Å². The maximum atomic E-state index is 3.50. The topological polar surface area (TPSA) is 12.0 Å². The van der Waals surface area contributed by atoms with E-state index in [9.17, 15) is 0 Å². The lowest BCUT2D eigenvalue weighted by Crippen LogP contribution is -2.02. The largest absolute Gasteiger partial charge is 0.381 e. The molecule has 0 aliphatic carbocycles. The summed E-state index contributed by atoms with van der Waals surface area (Å²) in [6.45, 7) is 7.62. The zero-order valence-corrected chi connectivity index (χ0v) is 11.5. The first-order valence-corrected chi connectivity index (χ1v) is 6.90. The standard InChI is InChI=1S/C15H19NS/c1-4-14-11(2)17-12(3)15(14)10-16-13-8-6-5-7-9-13/h5-9,16H,4,10H2,1-3H3. The molecular weight excluding hydrogens is 226 g/mol. The number of benzene rings is 1. The van der Waals surface area contributed by atoms with Gasteiger partial charge in [-0.1, -0.05) is 25.1 Å². The Morgan fingerprint density at radius 3 is 2.29 bits per heavy atom. The number of para-hydroxylation sites is 1. The van der Waals surface area contributed by atoms with Crippen LogP contribution in [-0.2, 0) is 13.0 Å². The van der Waals surface area contributed by atoms with Gasteiger partial charge in [0.2, 0.25) is 0 Å². The first kappa shape index (κ1) is 12.2. The molecule has 2 heteroatoms. The van der Waals surface area contributed by atoms with E-state index in [4.69, 9.17) is 0 Å². The van der Waals surface area contributed by atoms with Crippen molar-refractivity contribution in [2.45, 2.75) is 33.7 Å². The highest BCUT2D eigenvalue weighted by Gasteiger charge is 2.10. The summed E-state index contributed by atoms with van der Waals surface area (Å²) < 4.78 is 0. The van der Waals surface area contributed by atoms with Crippen LogP contribution in [0.5, 0.6) is 0 Å². The molecule has 1 N–H and O–H groups in total. The van der Waals surface area contributed by atoms with Crippen molar-refractivity contribution >= 4 is 17.0 Å². The average molecular weight is 245 g/mol. The monoisotopic (exact) mass is 245 g/mol. The second-order valence-corrected chi connectivity index (χ2v) is 5.67. The van der Waals surface area contributed by atoms with E-state index in [2.05, 4.69) is 50.4 Å². The van der Waals surface area contributed by atoms with Crippen molar-refractivity contribution in [3.05, 3.63) is 51.2 Å². The highest BCUT2D eigenvalue weighted by molar-refractivity contribution is 7.12. The molecule has 1 aromatic heterocycles. The minimum Gasteiger partial charge on any atom is -0.381 e. The van der Waals surface area contributed by atoms with Gasteiger partial charge in [-0.2, -0.15) is 0 Å². The molecule has 1 aromatic carbocycles. The Hall–Kier alpha value is -1.28. The number of hydrogen-bond donors (Lipinski definition) is 1. The minimum absolute atomic E-state index is 0.934. The molecule has 2 rings (SSSR count). The second-order valence-electron chi connectivity index (χ2n) is 4.24. The highest BCUT2D eigenvalue weighted by atomic mass is 32.1. The van der Waals surface area contributed by atoms with E-state index < -0.39 is 0 Å². The highest BCUT2D eigenvalue weighted by Crippen LogP contribution is 2.28. The van der Waals surface area contributed by atoms with E-state index >= 15 is 0 Å². The SMILES string of the molecule is CCc1c(C)sc(C)c1CNc1ccccc1. The van der Waals surface area contributed by atoms with Crippen LogP contribution in [0.3, 0.4) is 0 Å². The van der Waals surface area contributed by atoms with Crippen molar-refractivity contribution in [1.29, 1.82) is 0 Å². The molecule has 1 heterocycles. The Morgan fingerprint density at radius 1 is 1.00 bits per heavy atom. The summed E-state index contributed by atoms with van der Waals surface area (Å²) in [6, 6.07) is 10.4. The molecule has 0 amide bonds. The summed E-state index contributed by atoms with van der Waals surface area (Å²) in [4.78, 5) is 2.91. The van der Waals surface area contributed by atoms with E-state index in [0.717, 1.165) is 13.0 Å². The van der Waals surface area contributed by atoms with Crippen LogP contribution in [0.1, 0.15) is 27.8 Å². The number of anilines is 1. The molecule has 90 valence electrons. The zero-order chi connectivity index (χ0) is 12.3. The van der Waals surface area contributed by atoms with Gasteiger partial charge in [0.15, 0.2) is 0 Å². The third-order valence-electron chi connectivity index (χ3n) is 3.12. The summed E-state index contributed by atoms with van der Waals surface area (Å²) in [5.74, 6) is 0. The number of rotatable bonds is 4. The summed E-state index contributed by atoms with van der Waals surface area (Å²) in [7, 11) is 0. The van der Waals surface area contributed by atoms with E-state index in [0.29, 0.717) is 0 Å². The first-order valence-electron chi connectivity index (χ1n) is 6.09. The maximum absolute atomic E-state index is 3.50. The van der Waals surface area contributed by atoms with Gasteiger partial charge in [-0.3, -0.25) is 0 Å². The van der Waals surface area contributed by atoms with Crippen LogP contribution in [0.4, 0.5) is 5.69 Å². The third kappa shape index (κ3) is 2.70. The van der Waals surface area contributed by atoms with E-state index in [1.807, 2.05) is 17.4 Å². The third-order valence-corrected chi connectivity index (χ3v) is 4.22. The zero-order valence-electron chi connectivity index (χ0n) is 10.7. The summed E-state index contributed by atoms with van der Waals surface area (Å²) in [5.41, 5.74) is 4.20. The molecule has 0 bridgehead atoms. The van der Waals surface area contributed by atoms with Crippen molar-refractivity contribution < 1.29 is 0 Å². The molecule has 0 saturated carbocycles. The molecule has 0 aliphatic rings. The van der Waals surface area contributed by atoms with Crippen LogP contribution in [0.15, 0.2) is 30.3 Å². The molecule has 2 aromatic rings. The molecule has 17 heavy (non-hydrogen) atoms. The molecule has 0 atom stereocenters. The smallest absolute Gasteiger partial charge is 0.0414 e. The van der Waals surface area contributed by atoms with Crippen molar-refractivity contribution in [3.8, 4) is 0 Å². The lowest BCUT2D eigenvalue weighted by molar-refractivity contribution is 1.04. The molecule has 0 radical (unpaired) electrons. The van der Waals surface area contributed by atoms with Gasteiger partial charge in [0, 0.05) is 22.0 Å². The number of thiophene rings is 1. The fraction of sp³-hybridized carbons (Fsp3) is 0.333. The van der Waals surface area contributed by atoms with Crippen LogP contribution >= 0.6 is 11.3 Å². The van der Waals surface area contributed by atoms with Gasteiger partial charge in [0.1, 0.15) is 0 Å². The molecule has 0 fully saturated rings. The molecule has 0 aliphatic heterocycles. The molecule has 1 nitrogen and oxygen atoms in total. The van der Waals surface area contributed by atoms with Gasteiger partial charge in [-0.25, -0.2) is 0 Å². The van der Waals surface area contributed by atoms with Crippen LogP contribution < -0.4 is 5.32 Å². The van der Waals surface area contributed by atoms with Crippen molar-refractivity contribution in [2.24, 2.45) is 0 Å². The Kier molecular flexibility index (Phi) is 3.85. The fourth-order valence-corrected chi connectivity index (χ4v) is 3.39. The number of hydrogen-bond acceptors (Lipinski definition) is 2. The van der Waals surface area contributed by atoms with Gasteiger partial charge in [-0.15, -0.1) is 11.3 Å². The van der Waals surface area contributed by atoms with Gasteiger partial charge in [0.05, 0.1) is 0 Å². The number of aryl methyl sites for hydroxylation is 2. The van der Waals surface area contributed by atoms with Crippen LogP contribution in [0.2, 0.25) is 0 Å². The Morgan fingerprint density at radius 2 is 1.65 bits per heavy atom. The van der Waals surface area contributed by atoms with Crippen molar-refractivity contribution in [2.75, 3.05) is 5.32 Å². The van der Waals surface area contributed by atoms with E-state index in [-0.39, 0.29) is 0 Å². The van der Waals surface area contributed by atoms with Gasteiger partial charge in [-0.05, 0) is 43.5 Å². The summed E-state index contributed by atoms with van der Waals surface area (Å²) in [6.07, 6.45) is 1.13. The molecule has 0 spiro atoms. The summed E-state index contributed by atoms with van der Waals surface area (Å²) in [5, 5.41) is 3.50. The fourth-order valence-electron chi connectivity index (χ4n) is 2.22. The minimum atomic E-state index is 0.934. The van der Waals surface area contributed by atoms with Gasteiger partial charge < -0.3 is 5.32 Å². The van der Waals surface area contributed by atoms with E-state index in [1.54, 1.807) is 0 Å².